The van der Waals surface area contributed by atoms with Crippen LogP contribution < -0.4 is 20.7 Å². The van der Waals surface area contributed by atoms with Crippen molar-refractivity contribution in [3.63, 3.8) is 0 Å². The molecule has 0 fully saturated rings. The Morgan fingerprint density at radius 2 is 1.80 bits per heavy atom. The van der Waals surface area contributed by atoms with Gasteiger partial charge in [0.15, 0.2) is 0 Å². The van der Waals surface area contributed by atoms with E-state index in [2.05, 4.69) is 16.0 Å². The van der Waals surface area contributed by atoms with Crippen molar-refractivity contribution < 1.29 is 14.3 Å². The van der Waals surface area contributed by atoms with Gasteiger partial charge in [0.1, 0.15) is 5.75 Å². The zero-order valence-electron chi connectivity index (χ0n) is 14.7. The highest BCUT2D eigenvalue weighted by Gasteiger charge is 2.07. The van der Waals surface area contributed by atoms with Crippen LogP contribution in [0.5, 0.6) is 5.75 Å². The molecule has 2 aromatic carbocycles. The Morgan fingerprint density at radius 1 is 1.08 bits per heavy atom. The summed E-state index contributed by atoms with van der Waals surface area (Å²) in [6, 6.07) is 13.1. The highest BCUT2D eigenvalue weighted by atomic mass is 16.5. The molecule has 0 unspecified atom stereocenters. The van der Waals surface area contributed by atoms with E-state index in [4.69, 9.17) is 4.74 Å². The van der Waals surface area contributed by atoms with Gasteiger partial charge in [-0.05, 0) is 42.3 Å². The molecule has 0 saturated carbocycles. The predicted molar refractivity (Wildman–Crippen MR) is 98.8 cm³/mol. The van der Waals surface area contributed by atoms with Gasteiger partial charge in [-0.1, -0.05) is 18.2 Å². The molecular formula is C19H23N3O3. The van der Waals surface area contributed by atoms with Crippen molar-refractivity contribution in [3.8, 4) is 5.75 Å². The maximum Gasteiger partial charge on any atom is 0.239 e. The van der Waals surface area contributed by atoms with E-state index in [1.807, 2.05) is 49.4 Å². The molecular weight excluding hydrogens is 318 g/mol. The smallest absolute Gasteiger partial charge is 0.239 e. The third-order valence-electron chi connectivity index (χ3n) is 3.71. The molecule has 0 spiro atoms. The van der Waals surface area contributed by atoms with E-state index in [0.29, 0.717) is 6.54 Å². The second kappa shape index (κ2) is 8.73. The molecule has 0 atom stereocenters. The average molecular weight is 341 g/mol. The van der Waals surface area contributed by atoms with Crippen LogP contribution in [0.3, 0.4) is 0 Å². The molecule has 0 saturated heterocycles. The summed E-state index contributed by atoms with van der Waals surface area (Å²) in [4.78, 5) is 23.2. The van der Waals surface area contributed by atoms with E-state index in [9.17, 15) is 9.59 Å². The van der Waals surface area contributed by atoms with Crippen LogP contribution in [0.1, 0.15) is 18.1 Å². The maximum atomic E-state index is 12.0. The zero-order chi connectivity index (χ0) is 18.2. The predicted octanol–water partition coefficient (Wildman–Crippen LogP) is 2.69. The van der Waals surface area contributed by atoms with Crippen molar-refractivity contribution in [3.05, 3.63) is 53.6 Å². The van der Waals surface area contributed by atoms with Crippen LogP contribution in [0.25, 0.3) is 0 Å². The van der Waals surface area contributed by atoms with Gasteiger partial charge in [-0.25, -0.2) is 0 Å². The van der Waals surface area contributed by atoms with Crippen LogP contribution in [0, 0.1) is 6.92 Å². The summed E-state index contributed by atoms with van der Waals surface area (Å²) < 4.78 is 5.16. The maximum absolute atomic E-state index is 12.0. The van der Waals surface area contributed by atoms with Gasteiger partial charge in [-0.15, -0.1) is 0 Å². The van der Waals surface area contributed by atoms with E-state index in [0.717, 1.165) is 28.3 Å². The lowest BCUT2D eigenvalue weighted by molar-refractivity contribution is -0.119. The summed E-state index contributed by atoms with van der Waals surface area (Å²) in [7, 11) is 1.61. The Hall–Kier alpha value is -3.02. The standard InChI is InChI=1S/C19H23N3O3/c1-13-17(8-5-9-18(13)22-14(2)23)20-12-19(24)21-11-15-6-4-7-16(10-15)25-3/h4-10,20H,11-12H2,1-3H3,(H,21,24)(H,22,23). The molecule has 0 bridgehead atoms. The highest BCUT2D eigenvalue weighted by molar-refractivity contribution is 5.91. The zero-order valence-corrected chi connectivity index (χ0v) is 14.7. The fourth-order valence-electron chi connectivity index (χ4n) is 2.37. The van der Waals surface area contributed by atoms with Gasteiger partial charge in [0.2, 0.25) is 11.8 Å². The number of ether oxygens (including phenoxy) is 1. The molecule has 2 rings (SSSR count). The lowest BCUT2D eigenvalue weighted by Gasteiger charge is -2.13. The normalized spacial score (nSPS) is 10.0. The molecule has 0 aliphatic carbocycles. The first kappa shape index (κ1) is 18.3. The fourth-order valence-corrected chi connectivity index (χ4v) is 2.37. The molecule has 0 aliphatic rings. The van der Waals surface area contributed by atoms with Gasteiger partial charge in [0, 0.05) is 24.8 Å². The molecule has 6 heteroatoms. The van der Waals surface area contributed by atoms with E-state index >= 15 is 0 Å². The number of methoxy groups -OCH3 is 1. The van der Waals surface area contributed by atoms with E-state index in [1.165, 1.54) is 6.92 Å². The van der Waals surface area contributed by atoms with Gasteiger partial charge in [-0.3, -0.25) is 9.59 Å². The van der Waals surface area contributed by atoms with Gasteiger partial charge in [0.05, 0.1) is 13.7 Å². The fraction of sp³-hybridized carbons (Fsp3) is 0.263. The second-order valence-corrected chi connectivity index (χ2v) is 5.64. The minimum absolute atomic E-state index is 0.118. The van der Waals surface area contributed by atoms with E-state index in [-0.39, 0.29) is 18.4 Å². The van der Waals surface area contributed by atoms with Crippen LogP contribution in [0.2, 0.25) is 0 Å². The van der Waals surface area contributed by atoms with Gasteiger partial charge in [0.25, 0.3) is 0 Å². The van der Waals surface area contributed by atoms with Gasteiger partial charge < -0.3 is 20.7 Å². The topological polar surface area (TPSA) is 79.5 Å². The average Bonchev–Trinajstić information content (AvgIpc) is 2.60. The first-order valence-corrected chi connectivity index (χ1v) is 8.00. The number of hydrogen-bond donors (Lipinski definition) is 3. The van der Waals surface area contributed by atoms with Gasteiger partial charge in [-0.2, -0.15) is 0 Å². The Balaban J connectivity index is 1.88. The lowest BCUT2D eigenvalue weighted by atomic mass is 10.1. The Morgan fingerprint density at radius 3 is 2.52 bits per heavy atom. The van der Waals surface area contributed by atoms with Crippen LogP contribution in [-0.4, -0.2) is 25.5 Å². The molecule has 0 aromatic heterocycles. The summed E-state index contributed by atoms with van der Waals surface area (Å²) in [6.45, 7) is 3.93. The summed E-state index contributed by atoms with van der Waals surface area (Å²) in [5.74, 6) is 0.513. The number of amides is 2. The third kappa shape index (κ3) is 5.53. The van der Waals surface area contributed by atoms with Gasteiger partial charge >= 0.3 is 0 Å². The molecule has 0 aliphatic heterocycles. The molecule has 25 heavy (non-hydrogen) atoms. The molecule has 0 heterocycles. The quantitative estimate of drug-likeness (QED) is 0.723. The minimum atomic E-state index is -0.128. The van der Waals surface area contributed by atoms with Crippen molar-refractivity contribution in [2.45, 2.75) is 20.4 Å². The van der Waals surface area contributed by atoms with Crippen molar-refractivity contribution in [2.75, 3.05) is 24.3 Å². The number of rotatable bonds is 7. The minimum Gasteiger partial charge on any atom is -0.497 e. The number of nitrogens with one attached hydrogen (secondary N) is 3. The molecule has 2 aromatic rings. The lowest BCUT2D eigenvalue weighted by Crippen LogP contribution is -2.29. The van der Waals surface area contributed by atoms with Crippen LogP contribution in [0.15, 0.2) is 42.5 Å². The van der Waals surface area contributed by atoms with E-state index < -0.39 is 0 Å². The molecule has 0 radical (unpaired) electrons. The summed E-state index contributed by atoms with van der Waals surface area (Å²) in [5.41, 5.74) is 3.40. The Kier molecular flexibility index (Phi) is 6.39. The van der Waals surface area contributed by atoms with Crippen LogP contribution >= 0.6 is 0 Å². The second-order valence-electron chi connectivity index (χ2n) is 5.64. The third-order valence-corrected chi connectivity index (χ3v) is 3.71. The molecule has 132 valence electrons. The van der Waals surface area contributed by atoms with Crippen molar-refractivity contribution in [1.29, 1.82) is 0 Å². The van der Waals surface area contributed by atoms with Crippen LogP contribution in [0.4, 0.5) is 11.4 Å². The number of benzene rings is 2. The first-order valence-electron chi connectivity index (χ1n) is 8.00. The van der Waals surface area contributed by atoms with E-state index in [1.54, 1.807) is 7.11 Å². The van der Waals surface area contributed by atoms with Crippen molar-refractivity contribution in [1.82, 2.24) is 5.32 Å². The molecule has 6 nitrogen and oxygen atoms in total. The molecule has 3 N–H and O–H groups in total. The van der Waals surface area contributed by atoms with Crippen LogP contribution in [-0.2, 0) is 16.1 Å². The summed E-state index contributed by atoms with van der Waals surface area (Å²) in [5, 5.41) is 8.72. The molecule has 2 amide bonds. The summed E-state index contributed by atoms with van der Waals surface area (Å²) >= 11 is 0. The monoisotopic (exact) mass is 341 g/mol. The highest BCUT2D eigenvalue weighted by Crippen LogP contribution is 2.23. The number of carbonyl (C=O) groups excluding carboxylic acids is 2. The Labute approximate surface area is 147 Å². The SMILES string of the molecule is COc1cccc(CNC(=O)CNc2cccc(NC(C)=O)c2C)c1. The number of anilines is 2. The van der Waals surface area contributed by atoms with Crippen molar-refractivity contribution in [2.24, 2.45) is 0 Å². The number of hydrogen-bond acceptors (Lipinski definition) is 4. The summed E-state index contributed by atoms with van der Waals surface area (Å²) in [6.07, 6.45) is 0. The van der Waals surface area contributed by atoms with Crippen molar-refractivity contribution >= 4 is 23.2 Å². The number of carbonyl (C=O) groups is 2. The Bertz CT molecular complexity index is 759. The first-order chi connectivity index (χ1) is 12.0. The largest absolute Gasteiger partial charge is 0.497 e.